The maximum absolute atomic E-state index is 12.4. The van der Waals surface area contributed by atoms with Gasteiger partial charge in [0.05, 0.1) is 10.9 Å². The van der Waals surface area contributed by atoms with Crippen LogP contribution in [0.3, 0.4) is 0 Å². The molecule has 0 bridgehead atoms. The summed E-state index contributed by atoms with van der Waals surface area (Å²) in [4.78, 5) is 12.0. The molecule has 1 aliphatic carbocycles. The zero-order chi connectivity index (χ0) is 16.2. The molecule has 2 rings (SSSR count). The first kappa shape index (κ1) is 17.0. The van der Waals surface area contributed by atoms with E-state index in [1.807, 2.05) is 13.0 Å². The van der Waals surface area contributed by atoms with Crippen molar-refractivity contribution in [3.8, 4) is 0 Å². The Morgan fingerprint density at radius 3 is 2.59 bits per heavy atom. The van der Waals surface area contributed by atoms with Gasteiger partial charge in [0.1, 0.15) is 0 Å². The summed E-state index contributed by atoms with van der Waals surface area (Å²) >= 11 is 0. The first-order valence-corrected chi connectivity index (χ1v) is 9.34. The molecular formula is C16H24N2O3S. The molecule has 1 amide bonds. The Bertz CT molecular complexity index is 641. The van der Waals surface area contributed by atoms with Gasteiger partial charge in [-0.2, -0.15) is 4.72 Å². The molecule has 1 aliphatic rings. The number of sulfonamides is 1. The Morgan fingerprint density at radius 1 is 1.23 bits per heavy atom. The van der Waals surface area contributed by atoms with Gasteiger partial charge in [0, 0.05) is 6.54 Å². The molecular weight excluding hydrogens is 300 g/mol. The zero-order valence-corrected chi connectivity index (χ0v) is 14.0. The smallest absolute Gasteiger partial charge is 0.241 e. The lowest BCUT2D eigenvalue weighted by atomic mass is 9.92. The van der Waals surface area contributed by atoms with E-state index in [1.165, 1.54) is 5.56 Å². The Morgan fingerprint density at radius 2 is 1.91 bits per heavy atom. The van der Waals surface area contributed by atoms with Gasteiger partial charge in [-0.3, -0.25) is 4.79 Å². The molecule has 0 unspecified atom stereocenters. The molecule has 0 radical (unpaired) electrons. The van der Waals surface area contributed by atoms with Gasteiger partial charge in [-0.25, -0.2) is 8.42 Å². The number of carbonyl (C=O) groups is 1. The van der Waals surface area contributed by atoms with Crippen molar-refractivity contribution in [2.24, 2.45) is 0 Å². The first-order chi connectivity index (χ1) is 10.4. The lowest BCUT2D eigenvalue weighted by Gasteiger charge is -2.18. The molecule has 6 heteroatoms. The highest BCUT2D eigenvalue weighted by atomic mass is 32.2. The monoisotopic (exact) mass is 324 g/mol. The Labute approximate surface area is 132 Å². The van der Waals surface area contributed by atoms with Crippen molar-refractivity contribution in [3.63, 3.8) is 0 Å². The molecule has 22 heavy (non-hydrogen) atoms. The van der Waals surface area contributed by atoms with Gasteiger partial charge in [-0.15, -0.1) is 0 Å². The highest BCUT2D eigenvalue weighted by Crippen LogP contribution is 2.24. The van der Waals surface area contributed by atoms with Gasteiger partial charge in [-0.1, -0.05) is 13.0 Å². The van der Waals surface area contributed by atoms with Crippen LogP contribution in [0.2, 0.25) is 0 Å². The second-order valence-electron chi connectivity index (χ2n) is 5.77. The summed E-state index contributed by atoms with van der Waals surface area (Å²) in [7, 11) is -3.67. The summed E-state index contributed by atoms with van der Waals surface area (Å²) in [6, 6.07) is 4.48. The fraction of sp³-hybridized carbons (Fsp3) is 0.562. The number of nitrogens with one attached hydrogen (secondary N) is 2. The Hall–Kier alpha value is -1.40. The molecule has 122 valence electrons. The van der Waals surface area contributed by atoms with Gasteiger partial charge in [0.25, 0.3) is 0 Å². The first-order valence-electron chi connectivity index (χ1n) is 7.86. The molecule has 0 saturated heterocycles. The molecule has 0 saturated carbocycles. The van der Waals surface area contributed by atoms with Crippen molar-refractivity contribution >= 4 is 15.9 Å². The standard InChI is InChI=1S/C16H24N2O3S/c1-3-10-17-16(19)12(2)18-22(20,21)15-9-8-13-6-4-5-7-14(13)11-15/h8-9,11-12,18H,3-7,10H2,1-2H3,(H,17,19)/t12-/m0/s1. The van der Waals surface area contributed by atoms with E-state index in [9.17, 15) is 13.2 Å². The molecule has 0 aliphatic heterocycles. The van der Waals surface area contributed by atoms with Crippen molar-refractivity contribution in [1.29, 1.82) is 0 Å². The summed E-state index contributed by atoms with van der Waals surface area (Å²) in [5, 5.41) is 2.69. The van der Waals surface area contributed by atoms with Crippen molar-refractivity contribution in [2.75, 3.05) is 6.54 Å². The van der Waals surface area contributed by atoms with E-state index in [1.54, 1.807) is 19.1 Å². The Kier molecular flexibility index (Phi) is 5.58. The molecule has 0 aromatic heterocycles. The van der Waals surface area contributed by atoms with Crippen LogP contribution in [0, 0.1) is 0 Å². The number of carbonyl (C=O) groups excluding carboxylic acids is 1. The normalized spacial score (nSPS) is 15.9. The van der Waals surface area contributed by atoms with Crippen molar-refractivity contribution in [3.05, 3.63) is 29.3 Å². The molecule has 1 atom stereocenters. The minimum atomic E-state index is -3.67. The lowest BCUT2D eigenvalue weighted by molar-refractivity contribution is -0.122. The average molecular weight is 324 g/mol. The number of amides is 1. The molecule has 0 spiro atoms. The van der Waals surface area contributed by atoms with E-state index in [4.69, 9.17) is 0 Å². The predicted molar refractivity (Wildman–Crippen MR) is 86.2 cm³/mol. The summed E-state index contributed by atoms with van der Waals surface area (Å²) in [6.07, 6.45) is 5.01. The van der Waals surface area contributed by atoms with Crippen LogP contribution in [0.1, 0.15) is 44.2 Å². The van der Waals surface area contributed by atoms with Crippen LogP contribution in [0.5, 0.6) is 0 Å². The van der Waals surface area contributed by atoms with Crippen LogP contribution >= 0.6 is 0 Å². The van der Waals surface area contributed by atoms with Crippen LogP contribution in [-0.4, -0.2) is 26.9 Å². The van der Waals surface area contributed by atoms with Crippen molar-refractivity contribution in [2.45, 2.75) is 56.9 Å². The average Bonchev–Trinajstić information content (AvgIpc) is 2.51. The molecule has 0 fully saturated rings. The maximum atomic E-state index is 12.4. The second-order valence-corrected chi connectivity index (χ2v) is 7.49. The molecule has 2 N–H and O–H groups in total. The lowest BCUT2D eigenvalue weighted by Crippen LogP contribution is -2.44. The maximum Gasteiger partial charge on any atom is 0.241 e. The van der Waals surface area contributed by atoms with Crippen LogP contribution in [0.25, 0.3) is 0 Å². The quantitative estimate of drug-likeness (QED) is 0.837. The highest BCUT2D eigenvalue weighted by Gasteiger charge is 2.23. The summed E-state index contributed by atoms with van der Waals surface area (Å²) in [6.45, 7) is 4.05. The van der Waals surface area contributed by atoms with Gasteiger partial charge in [-0.05, 0) is 62.3 Å². The predicted octanol–water partition coefficient (Wildman–Crippen LogP) is 1.76. The van der Waals surface area contributed by atoms with Crippen molar-refractivity contribution < 1.29 is 13.2 Å². The third-order valence-corrected chi connectivity index (χ3v) is 5.44. The molecule has 1 aromatic rings. The zero-order valence-electron chi connectivity index (χ0n) is 13.2. The fourth-order valence-corrected chi connectivity index (χ4v) is 3.89. The van der Waals surface area contributed by atoms with E-state index in [2.05, 4.69) is 10.0 Å². The number of aryl methyl sites for hydroxylation is 2. The van der Waals surface area contributed by atoms with Gasteiger partial charge in [0.15, 0.2) is 0 Å². The third kappa shape index (κ3) is 4.08. The van der Waals surface area contributed by atoms with Gasteiger partial charge < -0.3 is 5.32 Å². The van der Waals surface area contributed by atoms with E-state index in [0.29, 0.717) is 6.54 Å². The largest absolute Gasteiger partial charge is 0.355 e. The van der Waals surface area contributed by atoms with Crippen LogP contribution in [-0.2, 0) is 27.7 Å². The number of fused-ring (bicyclic) bond motifs is 1. The molecule has 5 nitrogen and oxygen atoms in total. The number of hydrogen-bond acceptors (Lipinski definition) is 3. The minimum Gasteiger partial charge on any atom is -0.355 e. The Balaban J connectivity index is 2.11. The summed E-state index contributed by atoms with van der Waals surface area (Å²) < 4.78 is 27.3. The van der Waals surface area contributed by atoms with Crippen LogP contribution in [0.4, 0.5) is 0 Å². The highest BCUT2D eigenvalue weighted by molar-refractivity contribution is 7.89. The molecule has 0 heterocycles. The fourth-order valence-electron chi connectivity index (χ4n) is 2.63. The third-order valence-electron chi connectivity index (χ3n) is 3.90. The number of rotatable bonds is 6. The van der Waals surface area contributed by atoms with Crippen LogP contribution in [0.15, 0.2) is 23.1 Å². The SMILES string of the molecule is CCCNC(=O)[C@H](C)NS(=O)(=O)c1ccc2c(c1)CCCC2. The van der Waals surface area contributed by atoms with E-state index < -0.39 is 16.1 Å². The second kappa shape index (κ2) is 7.24. The van der Waals surface area contributed by atoms with E-state index >= 15 is 0 Å². The summed E-state index contributed by atoms with van der Waals surface area (Å²) in [5.41, 5.74) is 2.34. The van der Waals surface area contributed by atoms with E-state index in [-0.39, 0.29) is 10.8 Å². The van der Waals surface area contributed by atoms with Gasteiger partial charge in [0.2, 0.25) is 15.9 Å². The topological polar surface area (TPSA) is 75.3 Å². The minimum absolute atomic E-state index is 0.239. The van der Waals surface area contributed by atoms with Gasteiger partial charge >= 0.3 is 0 Å². The number of benzene rings is 1. The summed E-state index contributed by atoms with van der Waals surface area (Å²) in [5.74, 6) is -0.302. The van der Waals surface area contributed by atoms with Crippen molar-refractivity contribution in [1.82, 2.24) is 10.0 Å². The van der Waals surface area contributed by atoms with E-state index in [0.717, 1.165) is 37.7 Å². The van der Waals surface area contributed by atoms with Crippen LogP contribution < -0.4 is 10.0 Å². The molecule has 1 aromatic carbocycles. The number of hydrogen-bond donors (Lipinski definition) is 2.